The number of benzene rings is 2. The predicted octanol–water partition coefficient (Wildman–Crippen LogP) is 4.54. The fourth-order valence-electron chi connectivity index (χ4n) is 2.32. The second kappa shape index (κ2) is 8.47. The van der Waals surface area contributed by atoms with Gasteiger partial charge in [0.1, 0.15) is 19.0 Å². The Balaban J connectivity index is 1.98. The number of aryl methyl sites for hydroxylation is 2. The van der Waals surface area contributed by atoms with Gasteiger partial charge in [0.05, 0.1) is 12.1 Å². The zero-order chi connectivity index (χ0) is 17.7. The van der Waals surface area contributed by atoms with Crippen molar-refractivity contribution < 1.29 is 14.2 Å². The topological polar surface area (TPSA) is 53.7 Å². The van der Waals surface area contributed by atoms with Gasteiger partial charge in [0, 0.05) is 11.6 Å². The van der Waals surface area contributed by atoms with E-state index in [1.165, 1.54) is 0 Å². The van der Waals surface area contributed by atoms with Gasteiger partial charge in [0.25, 0.3) is 0 Å². The van der Waals surface area contributed by atoms with Crippen LogP contribution >= 0.6 is 23.2 Å². The Morgan fingerprint density at radius 1 is 0.958 bits per heavy atom. The quantitative estimate of drug-likeness (QED) is 0.728. The maximum absolute atomic E-state index is 6.23. The van der Waals surface area contributed by atoms with Crippen LogP contribution in [0.2, 0.25) is 10.0 Å². The number of methoxy groups -OCH3 is 1. The summed E-state index contributed by atoms with van der Waals surface area (Å²) in [6.45, 7) is 4.98. The van der Waals surface area contributed by atoms with E-state index < -0.39 is 0 Å². The molecule has 0 aliphatic rings. The average Bonchev–Trinajstić information content (AvgIpc) is 2.56. The molecular formula is C18H21Cl2NO3. The normalized spacial score (nSPS) is 10.6. The molecule has 0 unspecified atom stereocenters. The van der Waals surface area contributed by atoms with E-state index in [0.717, 1.165) is 27.5 Å². The highest BCUT2D eigenvalue weighted by Crippen LogP contribution is 2.36. The highest BCUT2D eigenvalue weighted by atomic mass is 35.5. The first kappa shape index (κ1) is 18.7. The van der Waals surface area contributed by atoms with E-state index in [4.69, 9.17) is 43.1 Å². The lowest BCUT2D eigenvalue weighted by molar-refractivity contribution is 0.211. The van der Waals surface area contributed by atoms with E-state index in [1.807, 2.05) is 32.0 Å². The summed E-state index contributed by atoms with van der Waals surface area (Å²) in [5.41, 5.74) is 8.47. The highest BCUT2D eigenvalue weighted by Gasteiger charge is 2.12. The van der Waals surface area contributed by atoms with E-state index in [2.05, 4.69) is 0 Å². The minimum Gasteiger partial charge on any atom is -0.493 e. The Bertz CT molecular complexity index is 697. The second-order valence-corrected chi connectivity index (χ2v) is 6.17. The zero-order valence-corrected chi connectivity index (χ0v) is 15.5. The number of halogens is 2. The Morgan fingerprint density at radius 3 is 2.17 bits per heavy atom. The third-order valence-corrected chi connectivity index (χ3v) is 4.41. The molecule has 130 valence electrons. The maximum atomic E-state index is 6.23. The molecule has 0 saturated heterocycles. The molecule has 0 aliphatic carbocycles. The number of nitrogens with two attached hydrogens (primary N) is 1. The largest absolute Gasteiger partial charge is 0.493 e. The van der Waals surface area contributed by atoms with Crippen molar-refractivity contribution in [3.05, 3.63) is 51.0 Å². The standard InChI is InChI=1S/C18H21Cl2NO3/c1-11-6-14(7-12(2)17(11)20)23-4-5-24-18-15(19)8-13(10-21)9-16(18)22-3/h6-9H,4-5,10,21H2,1-3H3. The average molecular weight is 370 g/mol. The molecule has 6 heteroatoms. The molecular weight excluding hydrogens is 349 g/mol. The molecule has 2 N–H and O–H groups in total. The third-order valence-electron chi connectivity index (χ3n) is 3.53. The van der Waals surface area contributed by atoms with Gasteiger partial charge in [0.15, 0.2) is 11.5 Å². The van der Waals surface area contributed by atoms with Crippen LogP contribution < -0.4 is 19.9 Å². The van der Waals surface area contributed by atoms with E-state index in [0.29, 0.717) is 36.3 Å². The van der Waals surface area contributed by atoms with Crippen molar-refractivity contribution in [2.24, 2.45) is 5.73 Å². The molecule has 0 heterocycles. The van der Waals surface area contributed by atoms with Crippen LogP contribution in [-0.4, -0.2) is 20.3 Å². The van der Waals surface area contributed by atoms with Gasteiger partial charge in [-0.05, 0) is 54.8 Å². The van der Waals surface area contributed by atoms with Crippen molar-refractivity contribution in [3.63, 3.8) is 0 Å². The van der Waals surface area contributed by atoms with E-state index in [1.54, 1.807) is 13.2 Å². The van der Waals surface area contributed by atoms with Gasteiger partial charge in [-0.3, -0.25) is 0 Å². The van der Waals surface area contributed by atoms with Crippen molar-refractivity contribution >= 4 is 23.2 Å². The van der Waals surface area contributed by atoms with Crippen LogP contribution in [0.25, 0.3) is 0 Å². The predicted molar refractivity (Wildman–Crippen MR) is 97.8 cm³/mol. The molecule has 0 saturated carbocycles. The summed E-state index contributed by atoms with van der Waals surface area (Å²) in [6.07, 6.45) is 0. The molecule has 0 atom stereocenters. The molecule has 0 radical (unpaired) electrons. The van der Waals surface area contributed by atoms with Gasteiger partial charge in [-0.25, -0.2) is 0 Å². The van der Waals surface area contributed by atoms with Crippen LogP contribution in [0, 0.1) is 13.8 Å². The Morgan fingerprint density at radius 2 is 1.58 bits per heavy atom. The maximum Gasteiger partial charge on any atom is 0.179 e. The molecule has 4 nitrogen and oxygen atoms in total. The number of ether oxygens (including phenoxy) is 3. The monoisotopic (exact) mass is 369 g/mol. The first-order valence-corrected chi connectivity index (χ1v) is 8.30. The van der Waals surface area contributed by atoms with Crippen LogP contribution in [0.15, 0.2) is 24.3 Å². The van der Waals surface area contributed by atoms with Crippen molar-refractivity contribution in [2.45, 2.75) is 20.4 Å². The van der Waals surface area contributed by atoms with Gasteiger partial charge in [-0.2, -0.15) is 0 Å². The molecule has 0 aromatic heterocycles. The Hall–Kier alpha value is -1.62. The molecule has 0 aliphatic heterocycles. The minimum absolute atomic E-state index is 0.332. The lowest BCUT2D eigenvalue weighted by atomic mass is 10.1. The van der Waals surface area contributed by atoms with Crippen molar-refractivity contribution in [3.8, 4) is 17.2 Å². The fraction of sp³-hybridized carbons (Fsp3) is 0.333. The number of hydrogen-bond acceptors (Lipinski definition) is 4. The van der Waals surface area contributed by atoms with Gasteiger partial charge >= 0.3 is 0 Å². The molecule has 0 spiro atoms. The van der Waals surface area contributed by atoms with Crippen molar-refractivity contribution in [1.82, 2.24) is 0 Å². The lowest BCUT2D eigenvalue weighted by Crippen LogP contribution is -2.10. The summed E-state index contributed by atoms with van der Waals surface area (Å²) < 4.78 is 16.7. The number of rotatable bonds is 7. The second-order valence-electron chi connectivity index (χ2n) is 5.38. The molecule has 2 rings (SSSR count). The van der Waals surface area contributed by atoms with E-state index in [-0.39, 0.29) is 0 Å². The first-order chi connectivity index (χ1) is 11.5. The van der Waals surface area contributed by atoms with E-state index >= 15 is 0 Å². The summed E-state index contributed by atoms with van der Waals surface area (Å²) in [5, 5.41) is 1.23. The van der Waals surface area contributed by atoms with Crippen LogP contribution in [0.3, 0.4) is 0 Å². The van der Waals surface area contributed by atoms with Crippen LogP contribution in [0.4, 0.5) is 0 Å². The molecule has 24 heavy (non-hydrogen) atoms. The molecule has 0 bridgehead atoms. The third kappa shape index (κ3) is 4.47. The summed E-state index contributed by atoms with van der Waals surface area (Å²) >= 11 is 12.4. The lowest BCUT2D eigenvalue weighted by Gasteiger charge is -2.14. The Kier molecular flexibility index (Phi) is 6.60. The van der Waals surface area contributed by atoms with E-state index in [9.17, 15) is 0 Å². The SMILES string of the molecule is COc1cc(CN)cc(Cl)c1OCCOc1cc(C)c(Cl)c(C)c1. The van der Waals surface area contributed by atoms with Gasteiger partial charge < -0.3 is 19.9 Å². The smallest absolute Gasteiger partial charge is 0.179 e. The summed E-state index contributed by atoms with van der Waals surface area (Å²) in [5.74, 6) is 1.80. The zero-order valence-electron chi connectivity index (χ0n) is 14.0. The van der Waals surface area contributed by atoms with Crippen LogP contribution in [-0.2, 0) is 6.54 Å². The fourth-order valence-corrected chi connectivity index (χ4v) is 2.72. The van der Waals surface area contributed by atoms with Crippen LogP contribution in [0.1, 0.15) is 16.7 Å². The summed E-state index contributed by atoms with van der Waals surface area (Å²) in [4.78, 5) is 0. The number of hydrogen-bond donors (Lipinski definition) is 1. The molecule has 2 aromatic carbocycles. The Labute approximate surface area is 152 Å². The minimum atomic E-state index is 0.332. The van der Waals surface area contributed by atoms with Crippen molar-refractivity contribution in [1.29, 1.82) is 0 Å². The molecule has 0 fully saturated rings. The van der Waals surface area contributed by atoms with Crippen LogP contribution in [0.5, 0.6) is 17.2 Å². The van der Waals surface area contributed by atoms with Gasteiger partial charge in [-0.1, -0.05) is 23.2 Å². The first-order valence-electron chi connectivity index (χ1n) is 7.55. The van der Waals surface area contributed by atoms with Crippen molar-refractivity contribution in [2.75, 3.05) is 20.3 Å². The summed E-state index contributed by atoms with van der Waals surface area (Å²) in [6, 6.07) is 7.39. The summed E-state index contributed by atoms with van der Waals surface area (Å²) in [7, 11) is 1.56. The highest BCUT2D eigenvalue weighted by molar-refractivity contribution is 6.32. The van der Waals surface area contributed by atoms with Gasteiger partial charge in [-0.15, -0.1) is 0 Å². The van der Waals surface area contributed by atoms with Gasteiger partial charge in [0.2, 0.25) is 0 Å². The molecule has 2 aromatic rings. The molecule has 0 amide bonds.